The summed E-state index contributed by atoms with van der Waals surface area (Å²) in [6, 6.07) is 11.7. The fourth-order valence-electron chi connectivity index (χ4n) is 6.54. The molecule has 1 aliphatic heterocycles. The molecule has 0 bridgehead atoms. The second kappa shape index (κ2) is 17.5. The lowest BCUT2D eigenvalue weighted by atomic mass is 9.77. The predicted octanol–water partition coefficient (Wildman–Crippen LogP) is 7.74. The summed E-state index contributed by atoms with van der Waals surface area (Å²) in [5, 5.41) is 0.406. The van der Waals surface area contributed by atoms with Gasteiger partial charge in [0.05, 0.1) is 29.8 Å². The standard InChI is InChI=1S/C36H53ClN2O5S/c1-9-12-18-36(6,43-8)32(11-3)25(4)21-39-22-29(31-16-15-30(37)19-27(31)13-10-2)24-44-34-17-14-28(20-33(34)39)35(40)38-45(41)26(5)23-42-7/h12,14-20,25-26,29,32H,9-11,13,21-24H2,1-8H3,(H,38,40)/b18-12+/t25?,26?,29?,32?,36-,45?/m0/s1. The molecule has 5 unspecified atom stereocenters. The van der Waals surface area contributed by atoms with E-state index in [9.17, 15) is 9.00 Å². The molecule has 1 N–H and O–H groups in total. The zero-order valence-corrected chi connectivity index (χ0v) is 29.9. The number of hydrogen-bond acceptors (Lipinski definition) is 6. The number of ether oxygens (including phenoxy) is 3. The average Bonchev–Trinajstić information content (AvgIpc) is 3.19. The van der Waals surface area contributed by atoms with Crippen molar-refractivity contribution in [3.63, 3.8) is 0 Å². The highest BCUT2D eigenvalue weighted by Crippen LogP contribution is 2.40. The van der Waals surface area contributed by atoms with Crippen molar-refractivity contribution in [3.05, 3.63) is 70.3 Å². The Bertz CT molecular complexity index is 1320. The van der Waals surface area contributed by atoms with E-state index >= 15 is 0 Å². The van der Waals surface area contributed by atoms with Crippen LogP contribution in [-0.2, 0) is 26.9 Å². The lowest BCUT2D eigenvalue weighted by molar-refractivity contribution is -0.0229. The van der Waals surface area contributed by atoms with Crippen LogP contribution in [0.25, 0.3) is 0 Å². The highest BCUT2D eigenvalue weighted by molar-refractivity contribution is 7.84. The van der Waals surface area contributed by atoms with E-state index in [1.807, 2.05) is 18.2 Å². The van der Waals surface area contributed by atoms with Gasteiger partial charge in [0, 0.05) is 43.8 Å². The fraction of sp³-hybridized carbons (Fsp3) is 0.583. The number of carbonyl (C=O) groups is 1. The van der Waals surface area contributed by atoms with E-state index < -0.39 is 16.6 Å². The molecule has 2 aromatic rings. The highest BCUT2D eigenvalue weighted by atomic mass is 35.5. The van der Waals surface area contributed by atoms with Gasteiger partial charge in [0.2, 0.25) is 0 Å². The number of fused-ring (bicyclic) bond motifs is 1. The molecule has 1 amide bonds. The molecule has 0 aromatic heterocycles. The molecular formula is C36H53ClN2O5S. The number of carbonyl (C=O) groups excluding carboxylic acids is 1. The number of nitrogens with zero attached hydrogens (tertiary/aromatic N) is 1. The lowest BCUT2D eigenvalue weighted by Crippen LogP contribution is -2.43. The summed E-state index contributed by atoms with van der Waals surface area (Å²) in [7, 11) is 1.77. The Morgan fingerprint density at radius 2 is 1.96 bits per heavy atom. The second-order valence-electron chi connectivity index (χ2n) is 12.4. The van der Waals surface area contributed by atoms with Crippen LogP contribution in [-0.4, -0.2) is 61.5 Å². The maximum absolute atomic E-state index is 13.3. The Morgan fingerprint density at radius 1 is 1.20 bits per heavy atom. The molecule has 1 aliphatic rings. The number of aryl methyl sites for hydroxylation is 1. The largest absolute Gasteiger partial charge is 0.491 e. The molecule has 0 saturated heterocycles. The fourth-order valence-corrected chi connectivity index (χ4v) is 7.50. The molecule has 0 fully saturated rings. The van der Waals surface area contributed by atoms with E-state index in [0.29, 0.717) is 18.7 Å². The van der Waals surface area contributed by atoms with Crippen molar-refractivity contribution in [1.82, 2.24) is 4.72 Å². The number of nitrogens with one attached hydrogen (secondary N) is 1. The minimum absolute atomic E-state index is 0.0944. The number of hydrogen-bond donors (Lipinski definition) is 1. The highest BCUT2D eigenvalue weighted by Gasteiger charge is 2.36. The number of benzene rings is 2. The lowest BCUT2D eigenvalue weighted by Gasteiger charge is -2.40. The Labute approximate surface area is 278 Å². The van der Waals surface area contributed by atoms with E-state index in [0.717, 1.165) is 48.7 Å². The van der Waals surface area contributed by atoms with E-state index in [1.54, 1.807) is 27.2 Å². The van der Waals surface area contributed by atoms with Gasteiger partial charge < -0.3 is 19.1 Å². The van der Waals surface area contributed by atoms with Crippen molar-refractivity contribution >= 4 is 34.2 Å². The van der Waals surface area contributed by atoms with Crippen LogP contribution in [0.2, 0.25) is 5.02 Å². The van der Waals surface area contributed by atoms with E-state index in [1.165, 1.54) is 11.1 Å². The Morgan fingerprint density at radius 3 is 2.60 bits per heavy atom. The predicted molar refractivity (Wildman–Crippen MR) is 187 cm³/mol. The third kappa shape index (κ3) is 9.57. The van der Waals surface area contributed by atoms with Gasteiger partial charge in [-0.1, -0.05) is 63.9 Å². The molecule has 9 heteroatoms. The minimum atomic E-state index is -1.58. The summed E-state index contributed by atoms with van der Waals surface area (Å²) in [5.41, 5.74) is 3.37. The Hall–Kier alpha value is -2.39. The van der Waals surface area contributed by atoms with Gasteiger partial charge in [-0.3, -0.25) is 9.52 Å². The molecule has 250 valence electrons. The van der Waals surface area contributed by atoms with Gasteiger partial charge in [0.25, 0.3) is 5.91 Å². The molecule has 0 aliphatic carbocycles. The smallest absolute Gasteiger partial charge is 0.263 e. The van der Waals surface area contributed by atoms with E-state index in [2.05, 4.69) is 68.5 Å². The molecule has 0 radical (unpaired) electrons. The van der Waals surface area contributed by atoms with Crippen molar-refractivity contribution in [2.75, 3.05) is 45.4 Å². The van der Waals surface area contributed by atoms with E-state index in [-0.39, 0.29) is 35.5 Å². The summed E-state index contributed by atoms with van der Waals surface area (Å²) in [6.45, 7) is 15.0. The van der Waals surface area contributed by atoms with Gasteiger partial charge in [-0.25, -0.2) is 4.21 Å². The number of amides is 1. The van der Waals surface area contributed by atoms with Crippen LogP contribution in [0.5, 0.6) is 5.75 Å². The van der Waals surface area contributed by atoms with Crippen LogP contribution in [0.3, 0.4) is 0 Å². The first kappa shape index (κ1) is 37.1. The molecule has 0 saturated carbocycles. The molecule has 1 heterocycles. The topological polar surface area (TPSA) is 77.1 Å². The van der Waals surface area contributed by atoms with Gasteiger partial charge >= 0.3 is 0 Å². The Kier molecular flexibility index (Phi) is 14.4. The second-order valence-corrected chi connectivity index (χ2v) is 14.4. The average molecular weight is 661 g/mol. The van der Waals surface area contributed by atoms with Gasteiger partial charge in [-0.05, 0) is 86.4 Å². The van der Waals surface area contributed by atoms with Crippen molar-refractivity contribution in [2.24, 2.45) is 11.8 Å². The summed E-state index contributed by atoms with van der Waals surface area (Å²) < 4.78 is 33.1. The third-order valence-corrected chi connectivity index (χ3v) is 10.5. The van der Waals surface area contributed by atoms with Gasteiger partial charge in [0.1, 0.15) is 16.7 Å². The molecular weight excluding hydrogens is 608 g/mol. The van der Waals surface area contributed by atoms with Crippen molar-refractivity contribution in [2.45, 2.75) is 84.0 Å². The molecule has 2 aromatic carbocycles. The molecule has 0 spiro atoms. The summed E-state index contributed by atoms with van der Waals surface area (Å²) in [4.78, 5) is 15.6. The Balaban J connectivity index is 2.04. The maximum atomic E-state index is 13.3. The van der Waals surface area contributed by atoms with Crippen LogP contribution in [0.1, 0.15) is 88.2 Å². The maximum Gasteiger partial charge on any atom is 0.263 e. The third-order valence-electron chi connectivity index (χ3n) is 8.96. The van der Waals surface area contributed by atoms with Crippen LogP contribution in [0.4, 0.5) is 5.69 Å². The van der Waals surface area contributed by atoms with Crippen LogP contribution in [0.15, 0.2) is 48.6 Å². The molecule has 7 nitrogen and oxygen atoms in total. The summed E-state index contributed by atoms with van der Waals surface area (Å²) >= 11 is 6.43. The molecule has 6 atom stereocenters. The normalized spacial score (nSPS) is 19.1. The van der Waals surface area contributed by atoms with Gasteiger partial charge in [-0.2, -0.15) is 0 Å². The van der Waals surface area contributed by atoms with Crippen LogP contribution >= 0.6 is 11.6 Å². The molecule has 45 heavy (non-hydrogen) atoms. The minimum Gasteiger partial charge on any atom is -0.491 e. The van der Waals surface area contributed by atoms with Gasteiger partial charge in [0.15, 0.2) is 0 Å². The first-order valence-electron chi connectivity index (χ1n) is 16.2. The molecule has 3 rings (SSSR count). The van der Waals surface area contributed by atoms with Crippen molar-refractivity contribution in [1.29, 1.82) is 0 Å². The zero-order valence-electron chi connectivity index (χ0n) is 28.4. The van der Waals surface area contributed by atoms with Crippen molar-refractivity contribution in [3.8, 4) is 5.75 Å². The zero-order chi connectivity index (χ0) is 33.1. The van der Waals surface area contributed by atoms with E-state index in [4.69, 9.17) is 25.8 Å². The SMILES string of the molecule is CC/C=C/[C@](C)(OC)C(CC)C(C)CN1CC(c2ccc(Cl)cc2CCC)COc2ccc(C(=O)NS(=O)C(C)COC)cc21. The monoisotopic (exact) mass is 660 g/mol. The van der Waals surface area contributed by atoms with Gasteiger partial charge in [-0.15, -0.1) is 0 Å². The number of allylic oxidation sites excluding steroid dienone is 1. The first-order valence-corrected chi connectivity index (χ1v) is 17.8. The first-order chi connectivity index (χ1) is 21.5. The van der Waals surface area contributed by atoms with Crippen LogP contribution < -0.4 is 14.4 Å². The summed E-state index contributed by atoms with van der Waals surface area (Å²) in [6.07, 6.45) is 8.24. The number of anilines is 1. The van der Waals surface area contributed by atoms with Crippen molar-refractivity contribution < 1.29 is 23.2 Å². The quantitative estimate of drug-likeness (QED) is 0.186. The van der Waals surface area contributed by atoms with Crippen LogP contribution in [0, 0.1) is 11.8 Å². The summed E-state index contributed by atoms with van der Waals surface area (Å²) in [5.74, 6) is 0.928. The number of methoxy groups -OCH3 is 2. The number of rotatable bonds is 16. The number of halogens is 1.